The predicted octanol–water partition coefficient (Wildman–Crippen LogP) is 3.56. The Hall–Kier alpha value is -4.22. The number of thioether (sulfide) groups is 1. The molecule has 0 saturated carbocycles. The van der Waals surface area contributed by atoms with E-state index in [1.165, 1.54) is 7.11 Å². The largest absolute Gasteiger partial charge is 0.497 e. The number of hydrogen-bond donors (Lipinski definition) is 2. The number of nitrogens with one attached hydrogen (secondary N) is 1. The van der Waals surface area contributed by atoms with Crippen LogP contribution in [0, 0.1) is 0 Å². The van der Waals surface area contributed by atoms with Crippen molar-refractivity contribution in [3.05, 3.63) is 83.4 Å². The SMILES string of the molecule is BC(c1ccc(Oc2ccc(/C(=C\c3cc(OC)cc(OC)c3)C(=O)OC)cc2)cc1)C1(O)SC(=O)NC1=O. The van der Waals surface area contributed by atoms with Gasteiger partial charge in [-0.3, -0.25) is 14.9 Å². The molecule has 0 aromatic heterocycles. The average molecular weight is 547 g/mol. The summed E-state index contributed by atoms with van der Waals surface area (Å²) in [4.78, 5) is 34.3. The highest BCUT2D eigenvalue weighted by atomic mass is 32.2. The number of ether oxygens (including phenoxy) is 4. The number of aliphatic hydroxyl groups is 1. The minimum absolute atomic E-state index is 0.336. The number of benzene rings is 3. The summed E-state index contributed by atoms with van der Waals surface area (Å²) in [6, 6.07) is 19.1. The standard InChI is InChI=1S/C28H26BNO8S/c1-35-21-12-16(13-22(15-21)36-2)14-23(25(31)37-3)17-4-8-19(9-5-17)38-20-10-6-18(7-11-20)24(29)28(34)26(32)30-27(33)39-28/h4-15,24,34H,29H2,1-3H3,(H,30,32,33)/b23-14+. The zero-order chi connectivity index (χ0) is 28.2. The Bertz CT molecular complexity index is 1400. The van der Waals surface area contributed by atoms with Crippen LogP contribution in [0.15, 0.2) is 66.7 Å². The number of carbonyl (C=O) groups excluding carboxylic acids is 3. The molecule has 200 valence electrons. The van der Waals surface area contributed by atoms with Crippen molar-refractivity contribution in [2.45, 2.75) is 10.8 Å². The second-order valence-electron chi connectivity index (χ2n) is 8.65. The van der Waals surface area contributed by atoms with Crippen LogP contribution in [0.4, 0.5) is 4.79 Å². The van der Waals surface area contributed by atoms with Crippen molar-refractivity contribution in [1.82, 2.24) is 5.32 Å². The minimum Gasteiger partial charge on any atom is -0.497 e. The summed E-state index contributed by atoms with van der Waals surface area (Å²) in [5, 5.41) is 12.2. The molecule has 4 rings (SSSR count). The maximum atomic E-state index is 12.6. The summed E-state index contributed by atoms with van der Waals surface area (Å²) >= 11 is 0.572. The normalized spacial score (nSPS) is 17.8. The van der Waals surface area contributed by atoms with E-state index in [1.807, 2.05) is 0 Å². The highest BCUT2D eigenvalue weighted by Crippen LogP contribution is 2.40. The number of carbonyl (C=O) groups is 3. The monoisotopic (exact) mass is 547 g/mol. The van der Waals surface area contributed by atoms with Crippen molar-refractivity contribution in [3.63, 3.8) is 0 Å². The number of methoxy groups -OCH3 is 3. The van der Waals surface area contributed by atoms with Crippen LogP contribution in [0.5, 0.6) is 23.0 Å². The quantitative estimate of drug-likeness (QED) is 0.179. The zero-order valence-corrected chi connectivity index (χ0v) is 22.5. The molecular formula is C28H26BNO8S. The van der Waals surface area contributed by atoms with E-state index in [9.17, 15) is 19.5 Å². The van der Waals surface area contributed by atoms with Gasteiger partial charge in [0.05, 0.1) is 26.9 Å². The molecule has 39 heavy (non-hydrogen) atoms. The second kappa shape index (κ2) is 11.7. The van der Waals surface area contributed by atoms with E-state index in [2.05, 4.69) is 5.32 Å². The molecule has 0 aliphatic carbocycles. The lowest BCUT2D eigenvalue weighted by Gasteiger charge is -2.25. The van der Waals surface area contributed by atoms with Gasteiger partial charge in [-0.15, -0.1) is 0 Å². The molecule has 1 saturated heterocycles. The number of imide groups is 1. The molecule has 2 N–H and O–H groups in total. The molecule has 1 heterocycles. The van der Waals surface area contributed by atoms with Crippen LogP contribution in [0.25, 0.3) is 11.6 Å². The summed E-state index contributed by atoms with van der Waals surface area (Å²) in [5.41, 5.74) is 2.32. The van der Waals surface area contributed by atoms with Gasteiger partial charge in [-0.2, -0.15) is 0 Å². The maximum Gasteiger partial charge on any atom is 0.338 e. The molecular weight excluding hydrogens is 521 g/mol. The number of hydrogen-bond acceptors (Lipinski definition) is 9. The van der Waals surface area contributed by atoms with Gasteiger partial charge in [-0.05, 0) is 70.9 Å². The molecule has 1 aliphatic rings. The third-order valence-electron chi connectivity index (χ3n) is 6.25. The average Bonchev–Trinajstić information content (AvgIpc) is 3.22. The Labute approximate surface area is 230 Å². The molecule has 2 amide bonds. The third kappa shape index (κ3) is 6.10. The van der Waals surface area contributed by atoms with Crippen molar-refractivity contribution in [2.24, 2.45) is 0 Å². The molecule has 0 spiro atoms. The smallest absolute Gasteiger partial charge is 0.338 e. The fraction of sp³-hybridized carbons (Fsp3) is 0.179. The molecule has 1 aliphatic heterocycles. The van der Waals surface area contributed by atoms with Gasteiger partial charge < -0.3 is 24.1 Å². The lowest BCUT2D eigenvalue weighted by molar-refractivity contribution is -0.133. The van der Waals surface area contributed by atoms with Crippen LogP contribution in [-0.2, 0) is 14.3 Å². The van der Waals surface area contributed by atoms with Crippen molar-refractivity contribution >= 4 is 48.4 Å². The lowest BCUT2D eigenvalue weighted by atomic mass is 9.76. The zero-order valence-electron chi connectivity index (χ0n) is 21.7. The van der Waals surface area contributed by atoms with Crippen molar-refractivity contribution in [3.8, 4) is 23.0 Å². The van der Waals surface area contributed by atoms with Crippen LogP contribution in [0.3, 0.4) is 0 Å². The topological polar surface area (TPSA) is 120 Å². The molecule has 2 unspecified atom stereocenters. The van der Waals surface area contributed by atoms with E-state index in [0.717, 1.165) is 0 Å². The molecule has 1 fully saturated rings. The highest BCUT2D eigenvalue weighted by molar-refractivity contribution is 8.16. The Morgan fingerprint density at radius 1 is 0.923 bits per heavy atom. The maximum absolute atomic E-state index is 12.6. The molecule has 3 aromatic carbocycles. The predicted molar refractivity (Wildman–Crippen MR) is 150 cm³/mol. The summed E-state index contributed by atoms with van der Waals surface area (Å²) in [6.07, 6.45) is 1.69. The van der Waals surface area contributed by atoms with Gasteiger partial charge in [0.25, 0.3) is 11.1 Å². The van der Waals surface area contributed by atoms with E-state index >= 15 is 0 Å². The van der Waals surface area contributed by atoms with Crippen molar-refractivity contribution < 1.29 is 38.4 Å². The Morgan fingerprint density at radius 2 is 1.49 bits per heavy atom. The summed E-state index contributed by atoms with van der Waals surface area (Å²) in [5.74, 6) is 0.363. The van der Waals surface area contributed by atoms with E-state index in [1.54, 1.807) is 94.9 Å². The van der Waals surface area contributed by atoms with Gasteiger partial charge in [-0.1, -0.05) is 24.3 Å². The number of esters is 1. The van der Waals surface area contributed by atoms with Crippen molar-refractivity contribution in [2.75, 3.05) is 21.3 Å². The van der Waals surface area contributed by atoms with Gasteiger partial charge in [0.2, 0.25) is 0 Å². The van der Waals surface area contributed by atoms with Gasteiger partial charge >= 0.3 is 5.97 Å². The molecule has 3 aromatic rings. The van der Waals surface area contributed by atoms with Gasteiger partial charge in [0, 0.05) is 11.9 Å². The first kappa shape index (κ1) is 27.8. The third-order valence-corrected chi connectivity index (χ3v) is 7.38. The van der Waals surface area contributed by atoms with E-state index in [-0.39, 0.29) is 0 Å². The molecule has 2 atom stereocenters. The first-order valence-electron chi connectivity index (χ1n) is 11.8. The van der Waals surface area contributed by atoms with E-state index < -0.39 is 27.9 Å². The van der Waals surface area contributed by atoms with Crippen LogP contribution in [0.1, 0.15) is 22.5 Å². The summed E-state index contributed by atoms with van der Waals surface area (Å²) < 4.78 is 21.6. The van der Waals surface area contributed by atoms with Crippen LogP contribution >= 0.6 is 11.8 Å². The van der Waals surface area contributed by atoms with Gasteiger partial charge in [0.15, 0.2) is 4.93 Å². The molecule has 0 radical (unpaired) electrons. The Morgan fingerprint density at radius 3 is 1.97 bits per heavy atom. The van der Waals surface area contributed by atoms with Gasteiger partial charge in [0.1, 0.15) is 30.8 Å². The Kier molecular flexibility index (Phi) is 8.32. The lowest BCUT2D eigenvalue weighted by Crippen LogP contribution is -2.42. The number of rotatable bonds is 9. The minimum atomic E-state index is -1.86. The van der Waals surface area contributed by atoms with E-state index in [4.69, 9.17) is 18.9 Å². The fourth-order valence-corrected chi connectivity index (χ4v) is 4.90. The fourth-order valence-electron chi connectivity index (χ4n) is 4.02. The van der Waals surface area contributed by atoms with E-state index in [0.29, 0.717) is 57.0 Å². The highest BCUT2D eigenvalue weighted by Gasteiger charge is 2.50. The first-order valence-corrected chi connectivity index (χ1v) is 12.7. The molecule has 11 heteroatoms. The van der Waals surface area contributed by atoms with Crippen LogP contribution in [0.2, 0.25) is 0 Å². The van der Waals surface area contributed by atoms with Crippen LogP contribution in [-0.4, -0.2) is 56.3 Å². The van der Waals surface area contributed by atoms with Crippen molar-refractivity contribution in [1.29, 1.82) is 0 Å². The second-order valence-corrected chi connectivity index (χ2v) is 9.85. The van der Waals surface area contributed by atoms with Crippen LogP contribution < -0.4 is 19.5 Å². The molecule has 9 nitrogen and oxygen atoms in total. The summed E-state index contributed by atoms with van der Waals surface area (Å²) in [7, 11) is 6.09. The van der Waals surface area contributed by atoms with Gasteiger partial charge in [-0.25, -0.2) is 4.79 Å². The summed E-state index contributed by atoms with van der Waals surface area (Å²) in [6.45, 7) is 0. The number of amides is 2. The first-order chi connectivity index (χ1) is 18.7. The molecule has 0 bridgehead atoms. The Balaban J connectivity index is 1.52.